The highest BCUT2D eigenvalue weighted by molar-refractivity contribution is 6.04. The maximum absolute atomic E-state index is 10.9. The van der Waals surface area contributed by atoms with E-state index in [0.717, 1.165) is 18.1 Å². The van der Waals surface area contributed by atoms with Gasteiger partial charge in [-0.1, -0.05) is 19.9 Å². The molecule has 0 aliphatic carbocycles. The van der Waals surface area contributed by atoms with Gasteiger partial charge in [0.2, 0.25) is 5.91 Å². The predicted octanol–water partition coefficient (Wildman–Crippen LogP) is 1.55. The van der Waals surface area contributed by atoms with Crippen molar-refractivity contribution in [2.45, 2.75) is 27.7 Å². The molecule has 1 rings (SSSR count). The molecule has 0 fully saturated rings. The topological polar surface area (TPSA) is 53.5 Å². The third-order valence-corrected chi connectivity index (χ3v) is 1.54. The maximum Gasteiger partial charge on any atom is 0.246 e. The van der Waals surface area contributed by atoms with E-state index < -0.39 is 0 Å². The highest BCUT2D eigenvalue weighted by Gasteiger charge is 2.14. The molecule has 0 spiro atoms. The summed E-state index contributed by atoms with van der Waals surface area (Å²) in [5.74, 6) is 0.726. The second-order valence-corrected chi connectivity index (χ2v) is 2.45. The fourth-order valence-electron chi connectivity index (χ4n) is 1.01. The molecular weight excluding hydrogens is 178 g/mol. The van der Waals surface area contributed by atoms with Crippen molar-refractivity contribution in [2.24, 2.45) is 4.99 Å². The van der Waals surface area contributed by atoms with Crippen molar-refractivity contribution in [1.82, 2.24) is 10.6 Å². The molecule has 84 valence electrons. The summed E-state index contributed by atoms with van der Waals surface area (Å²) in [5.41, 5.74) is 0.771. The molecule has 1 amide bonds. The first-order valence-electron chi connectivity index (χ1n) is 5.02. The zero-order valence-corrected chi connectivity index (χ0v) is 9.35. The van der Waals surface area contributed by atoms with E-state index in [9.17, 15) is 4.79 Å². The summed E-state index contributed by atoms with van der Waals surface area (Å²) in [5, 5.41) is 5.80. The van der Waals surface area contributed by atoms with Crippen molar-refractivity contribution in [3.05, 3.63) is 11.8 Å². The number of amides is 1. The smallest absolute Gasteiger partial charge is 0.246 e. The number of hydrogen-bond donors (Lipinski definition) is 2. The molecular formula is C10H23N3O. The predicted molar refractivity (Wildman–Crippen MR) is 63.5 cm³/mol. The van der Waals surface area contributed by atoms with Crippen molar-refractivity contribution < 1.29 is 7.65 Å². The normalized spacial score (nSPS) is 17.9. The van der Waals surface area contributed by atoms with Crippen LogP contribution >= 0.6 is 0 Å². The Bertz CT molecular complexity index is 252. The number of carbonyl (C=O) groups excluding carboxylic acids is 1. The van der Waals surface area contributed by atoms with Crippen LogP contribution in [-0.2, 0) is 4.79 Å². The number of nitrogens with zero attached hydrogens (tertiary/aromatic N) is 1. The quantitative estimate of drug-likeness (QED) is 0.676. The highest BCUT2D eigenvalue weighted by Crippen LogP contribution is 1.97. The second-order valence-electron chi connectivity index (χ2n) is 2.45. The molecule has 0 unspecified atom stereocenters. The summed E-state index contributed by atoms with van der Waals surface area (Å²) in [4.78, 5) is 15.0. The molecule has 14 heavy (non-hydrogen) atoms. The summed E-state index contributed by atoms with van der Waals surface area (Å²) in [6.45, 7) is 8.89. The average Bonchev–Trinajstić information content (AvgIpc) is 2.24. The molecule has 0 atom stereocenters. The molecule has 1 aliphatic rings. The van der Waals surface area contributed by atoms with Gasteiger partial charge in [0.05, 0.1) is 5.70 Å². The number of allylic oxidation sites excluding steroid dienone is 1. The first-order chi connectivity index (χ1) is 6.77. The van der Waals surface area contributed by atoms with E-state index in [0.29, 0.717) is 0 Å². The van der Waals surface area contributed by atoms with Crippen molar-refractivity contribution in [3.63, 3.8) is 0 Å². The second kappa shape index (κ2) is 7.12. The van der Waals surface area contributed by atoms with E-state index in [1.807, 2.05) is 33.8 Å². The first kappa shape index (κ1) is 12.7. The molecule has 4 heteroatoms. The van der Waals surface area contributed by atoms with Crippen molar-refractivity contribution in [2.75, 3.05) is 13.1 Å². The first-order valence-corrected chi connectivity index (χ1v) is 5.02. The van der Waals surface area contributed by atoms with Crippen LogP contribution in [0, 0.1) is 0 Å². The van der Waals surface area contributed by atoms with E-state index in [1.165, 1.54) is 0 Å². The SMILES string of the molecule is C/C=C1/NC(=O)CN=C1NCC.CC.[HH].[HH]. The van der Waals surface area contributed by atoms with E-state index in [4.69, 9.17) is 0 Å². The summed E-state index contributed by atoms with van der Waals surface area (Å²) in [7, 11) is 0. The van der Waals surface area contributed by atoms with E-state index in [-0.39, 0.29) is 15.3 Å². The lowest BCUT2D eigenvalue weighted by molar-refractivity contribution is -0.119. The minimum atomic E-state index is -0.0512. The van der Waals surface area contributed by atoms with Gasteiger partial charge in [-0.2, -0.15) is 0 Å². The van der Waals surface area contributed by atoms with Crippen LogP contribution in [0.3, 0.4) is 0 Å². The van der Waals surface area contributed by atoms with Gasteiger partial charge in [0.15, 0.2) is 0 Å². The molecule has 2 N–H and O–H groups in total. The molecule has 0 saturated heterocycles. The monoisotopic (exact) mass is 201 g/mol. The Labute approximate surface area is 88.5 Å². The van der Waals surface area contributed by atoms with Crippen LogP contribution < -0.4 is 10.6 Å². The summed E-state index contributed by atoms with van der Waals surface area (Å²) >= 11 is 0. The third-order valence-electron chi connectivity index (χ3n) is 1.54. The molecule has 0 bridgehead atoms. The fourth-order valence-corrected chi connectivity index (χ4v) is 1.01. The van der Waals surface area contributed by atoms with Crippen LogP contribution in [0.4, 0.5) is 0 Å². The van der Waals surface area contributed by atoms with Gasteiger partial charge in [0.25, 0.3) is 0 Å². The van der Waals surface area contributed by atoms with Gasteiger partial charge in [0, 0.05) is 9.40 Å². The van der Waals surface area contributed by atoms with Crippen LogP contribution in [-0.4, -0.2) is 24.8 Å². The average molecular weight is 201 g/mol. The van der Waals surface area contributed by atoms with E-state index in [1.54, 1.807) is 0 Å². The van der Waals surface area contributed by atoms with Crippen molar-refractivity contribution >= 4 is 11.7 Å². The van der Waals surface area contributed by atoms with Gasteiger partial charge in [-0.25, -0.2) is 0 Å². The lowest BCUT2D eigenvalue weighted by Gasteiger charge is -2.17. The lowest BCUT2D eigenvalue weighted by Crippen LogP contribution is -2.40. The molecule has 0 aromatic rings. The Kier molecular flexibility index (Phi) is 6.45. The number of aliphatic imine (C=N–C) groups is 1. The fraction of sp³-hybridized carbons (Fsp3) is 0.600. The molecule has 0 radical (unpaired) electrons. The van der Waals surface area contributed by atoms with Gasteiger partial charge >= 0.3 is 0 Å². The van der Waals surface area contributed by atoms with Crippen molar-refractivity contribution in [1.29, 1.82) is 0 Å². The Morgan fingerprint density at radius 2 is 2.29 bits per heavy atom. The molecule has 0 aromatic heterocycles. The van der Waals surface area contributed by atoms with Crippen molar-refractivity contribution in [3.8, 4) is 0 Å². The van der Waals surface area contributed by atoms with Gasteiger partial charge in [-0.3, -0.25) is 9.79 Å². The number of hydrogen-bond acceptors (Lipinski definition) is 3. The number of carbonyl (C=O) groups is 1. The molecule has 1 aliphatic heterocycles. The van der Waals surface area contributed by atoms with Crippen LogP contribution in [0.2, 0.25) is 0 Å². The Balaban J connectivity index is -0.000000399. The summed E-state index contributed by atoms with van der Waals surface area (Å²) in [6, 6.07) is 0. The van der Waals surface area contributed by atoms with E-state index >= 15 is 0 Å². The zero-order valence-electron chi connectivity index (χ0n) is 9.35. The minimum absolute atomic E-state index is 0. The third kappa shape index (κ3) is 3.60. The van der Waals surface area contributed by atoms with Crippen LogP contribution in [0.1, 0.15) is 30.5 Å². The molecule has 1 heterocycles. The zero-order chi connectivity index (χ0) is 11.0. The number of nitrogens with one attached hydrogen (secondary N) is 2. The molecule has 0 aromatic carbocycles. The summed E-state index contributed by atoms with van der Waals surface area (Å²) in [6.07, 6.45) is 1.83. The summed E-state index contributed by atoms with van der Waals surface area (Å²) < 4.78 is 0. The Hall–Kier alpha value is -1.32. The van der Waals surface area contributed by atoms with E-state index in [2.05, 4.69) is 15.6 Å². The van der Waals surface area contributed by atoms with Crippen LogP contribution in [0.5, 0.6) is 0 Å². The van der Waals surface area contributed by atoms with Crippen LogP contribution in [0.15, 0.2) is 16.8 Å². The lowest BCUT2D eigenvalue weighted by atomic mass is 10.3. The van der Waals surface area contributed by atoms with Gasteiger partial charge < -0.3 is 10.6 Å². The number of likely N-dealkylation sites (N-methyl/N-ethyl adjacent to an activating group) is 1. The highest BCUT2D eigenvalue weighted by atomic mass is 16.2. The molecule has 4 nitrogen and oxygen atoms in total. The van der Waals surface area contributed by atoms with Gasteiger partial charge in [0.1, 0.15) is 12.4 Å². The largest absolute Gasteiger partial charge is 0.369 e. The Morgan fingerprint density at radius 3 is 2.79 bits per heavy atom. The standard InChI is InChI=1S/C8H13N3O.C2H6.2H2/c1-3-6-8(9-4-2)10-5-7(12)11-6;1-2;;/h3H,4-5H2,1-2H3,(H,9,10)(H,11,12);1-2H3;2*1H/b6-3+;;;. The maximum atomic E-state index is 10.9. The van der Waals surface area contributed by atoms with Gasteiger partial charge in [-0.15, -0.1) is 0 Å². The number of amidine groups is 1. The number of rotatable bonds is 1. The minimum Gasteiger partial charge on any atom is -0.369 e. The van der Waals surface area contributed by atoms with Crippen LogP contribution in [0.25, 0.3) is 0 Å². The molecule has 0 saturated carbocycles. The van der Waals surface area contributed by atoms with Gasteiger partial charge in [-0.05, 0) is 13.8 Å². The Morgan fingerprint density at radius 1 is 1.64 bits per heavy atom.